The molecule has 2 aromatic carbocycles. The highest BCUT2D eigenvalue weighted by Crippen LogP contribution is 2.28. The van der Waals surface area contributed by atoms with Crippen LogP contribution < -0.4 is 0 Å². The topological polar surface area (TPSA) is 20.3 Å². The van der Waals surface area contributed by atoms with E-state index in [1.165, 1.54) is 24.8 Å². The second kappa shape index (κ2) is 8.60. The fraction of sp³-hybridized carbons (Fsp3) is 0.318. The minimum absolute atomic E-state index is 0.193. The van der Waals surface area contributed by atoms with Gasteiger partial charge in [0.15, 0.2) is 5.78 Å². The molecule has 1 heterocycles. The van der Waals surface area contributed by atoms with E-state index in [0.717, 1.165) is 18.7 Å². The number of hydrogen-bond donors (Lipinski definition) is 0. The Balaban J connectivity index is 1.71. The van der Waals surface area contributed by atoms with Crippen LogP contribution in [0.5, 0.6) is 0 Å². The zero-order valence-electron chi connectivity index (χ0n) is 14.1. The summed E-state index contributed by atoms with van der Waals surface area (Å²) in [7, 11) is 0. The maximum Gasteiger partial charge on any atom is 0.157 e. The lowest BCUT2D eigenvalue weighted by molar-refractivity contribution is -0.115. The van der Waals surface area contributed by atoms with Crippen LogP contribution >= 0.6 is 0 Å². The Labute approximate surface area is 144 Å². The van der Waals surface area contributed by atoms with Crippen molar-refractivity contribution >= 4 is 11.9 Å². The van der Waals surface area contributed by atoms with E-state index < -0.39 is 0 Å². The van der Waals surface area contributed by atoms with Gasteiger partial charge in [-0.05, 0) is 43.1 Å². The molecule has 0 unspecified atom stereocenters. The predicted molar refractivity (Wildman–Crippen MR) is 99.7 cm³/mol. The molecule has 1 fully saturated rings. The number of allylic oxidation sites excluding steroid dienone is 1. The van der Waals surface area contributed by atoms with Crippen LogP contribution in [0.15, 0.2) is 66.7 Å². The summed E-state index contributed by atoms with van der Waals surface area (Å²) in [6.07, 6.45) is 7.97. The molecular formula is C22H25NO. The van der Waals surface area contributed by atoms with E-state index in [1.807, 2.05) is 42.5 Å². The number of benzene rings is 2. The molecule has 0 amide bonds. The Morgan fingerprint density at radius 2 is 1.54 bits per heavy atom. The molecule has 0 aromatic heterocycles. The summed E-state index contributed by atoms with van der Waals surface area (Å²) in [6.45, 7) is 2.19. The lowest BCUT2D eigenvalue weighted by Gasteiger charge is -2.34. The highest BCUT2D eigenvalue weighted by molar-refractivity contribution is 5.94. The summed E-state index contributed by atoms with van der Waals surface area (Å²) >= 11 is 0. The lowest BCUT2D eigenvalue weighted by Crippen LogP contribution is -2.34. The minimum atomic E-state index is 0.193. The van der Waals surface area contributed by atoms with Gasteiger partial charge in [-0.2, -0.15) is 0 Å². The molecule has 124 valence electrons. The van der Waals surface area contributed by atoms with E-state index in [0.29, 0.717) is 6.42 Å². The van der Waals surface area contributed by atoms with Crippen LogP contribution in [0.1, 0.15) is 42.9 Å². The van der Waals surface area contributed by atoms with Gasteiger partial charge in [-0.1, -0.05) is 73.2 Å². The molecule has 2 heteroatoms. The number of carbonyl (C=O) groups is 1. The monoisotopic (exact) mass is 319 g/mol. The van der Waals surface area contributed by atoms with E-state index in [1.54, 1.807) is 6.08 Å². The lowest BCUT2D eigenvalue weighted by atomic mass is 9.97. The van der Waals surface area contributed by atoms with Gasteiger partial charge < -0.3 is 0 Å². The first kappa shape index (κ1) is 16.7. The van der Waals surface area contributed by atoms with Crippen molar-refractivity contribution in [3.63, 3.8) is 0 Å². The number of rotatable bonds is 6. The van der Waals surface area contributed by atoms with E-state index in [4.69, 9.17) is 0 Å². The highest BCUT2D eigenvalue weighted by Gasteiger charge is 2.23. The normalized spacial score (nSPS) is 17.0. The standard InChI is InChI=1S/C22H25NO/c24-21(15-14-19-10-4-1-5-11-19)18-22(20-12-6-2-7-13-20)23-16-8-3-9-17-23/h1-2,4-7,10-15,22H,3,8-9,16-18H2/b15-14+/t22-/m1/s1. The van der Waals surface area contributed by atoms with Crippen LogP contribution in [0.3, 0.4) is 0 Å². The fourth-order valence-corrected chi connectivity index (χ4v) is 3.37. The molecule has 0 N–H and O–H groups in total. The maximum atomic E-state index is 12.5. The quantitative estimate of drug-likeness (QED) is 0.707. The zero-order chi connectivity index (χ0) is 16.6. The van der Waals surface area contributed by atoms with Gasteiger partial charge >= 0.3 is 0 Å². The molecule has 2 aromatic rings. The van der Waals surface area contributed by atoms with E-state index in [9.17, 15) is 4.79 Å². The van der Waals surface area contributed by atoms with Gasteiger partial charge in [-0.15, -0.1) is 0 Å². The number of carbonyl (C=O) groups excluding carboxylic acids is 1. The molecule has 0 aliphatic carbocycles. The highest BCUT2D eigenvalue weighted by atomic mass is 16.1. The smallest absolute Gasteiger partial charge is 0.157 e. The van der Waals surface area contributed by atoms with Crippen molar-refractivity contribution < 1.29 is 4.79 Å². The average Bonchev–Trinajstić information content (AvgIpc) is 2.67. The Bertz CT molecular complexity index is 657. The number of ketones is 1. The van der Waals surface area contributed by atoms with Crippen LogP contribution in [-0.2, 0) is 4.79 Å². The molecule has 1 saturated heterocycles. The predicted octanol–water partition coefficient (Wildman–Crippen LogP) is 4.89. The summed E-state index contributed by atoms with van der Waals surface area (Å²) in [4.78, 5) is 15.0. The van der Waals surface area contributed by atoms with Crippen LogP contribution in [0.2, 0.25) is 0 Å². The maximum absolute atomic E-state index is 12.5. The van der Waals surface area contributed by atoms with Crippen molar-refractivity contribution in [1.82, 2.24) is 4.90 Å². The Kier molecular flexibility index (Phi) is 5.97. The van der Waals surface area contributed by atoms with Gasteiger partial charge in [0, 0.05) is 12.5 Å². The minimum Gasteiger partial charge on any atom is -0.296 e. The van der Waals surface area contributed by atoms with Crippen LogP contribution in [0, 0.1) is 0 Å². The second-order valence-electron chi connectivity index (χ2n) is 6.44. The Hall–Kier alpha value is -2.19. The first-order valence-electron chi connectivity index (χ1n) is 8.88. The molecule has 1 aliphatic heterocycles. The second-order valence-corrected chi connectivity index (χ2v) is 6.44. The van der Waals surface area contributed by atoms with Gasteiger partial charge in [-0.25, -0.2) is 0 Å². The first-order valence-corrected chi connectivity index (χ1v) is 8.88. The molecular weight excluding hydrogens is 294 g/mol. The van der Waals surface area contributed by atoms with E-state index in [-0.39, 0.29) is 11.8 Å². The SMILES string of the molecule is O=C(/C=C/c1ccccc1)C[C@H](c1ccccc1)N1CCCCC1. The van der Waals surface area contributed by atoms with Crippen LogP contribution in [0.25, 0.3) is 6.08 Å². The van der Waals surface area contributed by atoms with Gasteiger partial charge in [0.1, 0.15) is 0 Å². The van der Waals surface area contributed by atoms with Crippen molar-refractivity contribution in [3.8, 4) is 0 Å². The number of nitrogens with zero attached hydrogens (tertiary/aromatic N) is 1. The van der Waals surface area contributed by atoms with E-state index >= 15 is 0 Å². The van der Waals surface area contributed by atoms with Gasteiger partial charge in [0.2, 0.25) is 0 Å². The first-order chi connectivity index (χ1) is 11.8. The molecule has 24 heavy (non-hydrogen) atoms. The Morgan fingerprint density at radius 1 is 0.917 bits per heavy atom. The third kappa shape index (κ3) is 4.65. The van der Waals surface area contributed by atoms with Gasteiger partial charge in [-0.3, -0.25) is 9.69 Å². The molecule has 0 saturated carbocycles. The summed E-state index contributed by atoms with van der Waals surface area (Å²) in [5.74, 6) is 0.193. The third-order valence-electron chi connectivity index (χ3n) is 4.67. The summed E-state index contributed by atoms with van der Waals surface area (Å²) in [5, 5.41) is 0. The van der Waals surface area contributed by atoms with Crippen molar-refractivity contribution in [2.75, 3.05) is 13.1 Å². The molecule has 2 nitrogen and oxygen atoms in total. The molecule has 0 bridgehead atoms. The number of likely N-dealkylation sites (tertiary alicyclic amines) is 1. The number of hydrogen-bond acceptors (Lipinski definition) is 2. The van der Waals surface area contributed by atoms with Gasteiger partial charge in [0.25, 0.3) is 0 Å². The van der Waals surface area contributed by atoms with Crippen molar-refractivity contribution in [3.05, 3.63) is 77.9 Å². The van der Waals surface area contributed by atoms with Crippen LogP contribution in [-0.4, -0.2) is 23.8 Å². The average molecular weight is 319 g/mol. The van der Waals surface area contributed by atoms with Crippen molar-refractivity contribution in [1.29, 1.82) is 0 Å². The third-order valence-corrected chi connectivity index (χ3v) is 4.67. The summed E-state index contributed by atoms with van der Waals surface area (Å²) in [5.41, 5.74) is 2.32. The van der Waals surface area contributed by atoms with Gasteiger partial charge in [0.05, 0.1) is 0 Å². The Morgan fingerprint density at radius 3 is 2.21 bits per heavy atom. The molecule has 0 radical (unpaired) electrons. The molecule has 3 rings (SSSR count). The fourth-order valence-electron chi connectivity index (χ4n) is 3.37. The summed E-state index contributed by atoms with van der Waals surface area (Å²) in [6, 6.07) is 20.7. The molecule has 0 spiro atoms. The van der Waals surface area contributed by atoms with Crippen molar-refractivity contribution in [2.45, 2.75) is 31.7 Å². The molecule has 1 aliphatic rings. The van der Waals surface area contributed by atoms with Crippen molar-refractivity contribution in [2.24, 2.45) is 0 Å². The summed E-state index contributed by atoms with van der Waals surface area (Å²) < 4.78 is 0. The van der Waals surface area contributed by atoms with Crippen LogP contribution in [0.4, 0.5) is 0 Å². The molecule has 1 atom stereocenters. The number of piperidine rings is 1. The zero-order valence-corrected chi connectivity index (χ0v) is 14.1. The largest absolute Gasteiger partial charge is 0.296 e. The van der Waals surface area contributed by atoms with E-state index in [2.05, 4.69) is 29.2 Å².